The molecule has 0 aliphatic carbocycles. The van der Waals surface area contributed by atoms with Crippen LogP contribution in [0.1, 0.15) is 45.0 Å². The van der Waals surface area contributed by atoms with Gasteiger partial charge in [-0.3, -0.25) is 14.3 Å². The highest BCUT2D eigenvalue weighted by Gasteiger charge is 2.31. The van der Waals surface area contributed by atoms with E-state index in [1.807, 2.05) is 27.7 Å². The molecule has 2 heterocycles. The van der Waals surface area contributed by atoms with E-state index in [2.05, 4.69) is 10.4 Å². The number of nitrogens with zero attached hydrogens (tertiary/aromatic N) is 3. The van der Waals surface area contributed by atoms with Crippen LogP contribution >= 0.6 is 0 Å². The molecule has 0 radical (unpaired) electrons. The van der Waals surface area contributed by atoms with E-state index in [-0.39, 0.29) is 18.6 Å². The first kappa shape index (κ1) is 21.7. The maximum atomic E-state index is 12.2. The van der Waals surface area contributed by atoms with Crippen LogP contribution in [0.2, 0.25) is 0 Å². The van der Waals surface area contributed by atoms with Crippen molar-refractivity contribution in [3.05, 3.63) is 11.4 Å². The summed E-state index contributed by atoms with van der Waals surface area (Å²) >= 11 is 0. The number of aryl methyl sites for hydroxylation is 2. The molecule has 2 rings (SSSR count). The molecule has 9 nitrogen and oxygen atoms in total. The minimum atomic E-state index is -0.550. The number of likely N-dealkylation sites (tertiary alicyclic amines) is 1. The van der Waals surface area contributed by atoms with Crippen molar-refractivity contribution >= 4 is 23.7 Å². The fraction of sp³-hybridized carbons (Fsp3) is 0.684. The summed E-state index contributed by atoms with van der Waals surface area (Å²) in [7, 11) is 1.79. The van der Waals surface area contributed by atoms with E-state index in [4.69, 9.17) is 9.47 Å². The molecule has 1 aliphatic heterocycles. The summed E-state index contributed by atoms with van der Waals surface area (Å²) in [4.78, 5) is 38.0. The molecule has 1 aliphatic rings. The molecule has 0 spiro atoms. The van der Waals surface area contributed by atoms with Crippen molar-refractivity contribution < 1.29 is 23.9 Å². The highest BCUT2D eigenvalue weighted by atomic mass is 16.6. The van der Waals surface area contributed by atoms with Crippen molar-refractivity contribution in [1.82, 2.24) is 14.7 Å². The van der Waals surface area contributed by atoms with Crippen LogP contribution in [0.4, 0.5) is 10.5 Å². The molecule has 1 aromatic heterocycles. The van der Waals surface area contributed by atoms with Gasteiger partial charge in [-0.25, -0.2) is 4.79 Å². The average molecular weight is 394 g/mol. The second-order valence-corrected chi connectivity index (χ2v) is 8.07. The number of piperidine rings is 1. The van der Waals surface area contributed by atoms with Gasteiger partial charge in [0.1, 0.15) is 5.60 Å². The Morgan fingerprint density at radius 2 is 1.79 bits per heavy atom. The SMILES string of the molecule is Cc1nn(C)c(C)c1NC(=O)COC(=O)C1CCN(C(=O)OC(C)(C)C)CC1. The van der Waals surface area contributed by atoms with Gasteiger partial charge >= 0.3 is 12.1 Å². The smallest absolute Gasteiger partial charge is 0.410 e. The number of nitrogens with one attached hydrogen (secondary N) is 1. The highest BCUT2D eigenvalue weighted by Crippen LogP contribution is 2.21. The van der Waals surface area contributed by atoms with E-state index in [0.717, 1.165) is 5.69 Å². The van der Waals surface area contributed by atoms with Crippen LogP contribution in [0.15, 0.2) is 0 Å². The molecular formula is C19H30N4O5. The first-order chi connectivity index (χ1) is 13.0. The van der Waals surface area contributed by atoms with Gasteiger partial charge in [0.25, 0.3) is 5.91 Å². The van der Waals surface area contributed by atoms with E-state index < -0.39 is 17.5 Å². The second-order valence-electron chi connectivity index (χ2n) is 8.07. The van der Waals surface area contributed by atoms with Crippen molar-refractivity contribution in [2.45, 2.75) is 53.1 Å². The lowest BCUT2D eigenvalue weighted by Crippen LogP contribution is -2.43. The molecule has 0 atom stereocenters. The predicted octanol–water partition coefficient (Wildman–Crippen LogP) is 2.17. The Balaban J connectivity index is 1.77. The van der Waals surface area contributed by atoms with Gasteiger partial charge < -0.3 is 19.7 Å². The maximum Gasteiger partial charge on any atom is 0.410 e. The number of rotatable bonds is 4. The molecule has 1 aromatic rings. The Bertz CT molecular complexity index is 742. The van der Waals surface area contributed by atoms with Crippen LogP contribution in [0.3, 0.4) is 0 Å². The fourth-order valence-electron chi connectivity index (χ4n) is 3.01. The van der Waals surface area contributed by atoms with E-state index >= 15 is 0 Å². The summed E-state index contributed by atoms with van der Waals surface area (Å²) in [6.07, 6.45) is 0.599. The minimum absolute atomic E-state index is 0.326. The maximum absolute atomic E-state index is 12.2. The first-order valence-electron chi connectivity index (χ1n) is 9.42. The summed E-state index contributed by atoms with van der Waals surface area (Å²) in [5.41, 5.74) is 1.61. The van der Waals surface area contributed by atoms with Gasteiger partial charge in [-0.15, -0.1) is 0 Å². The molecule has 9 heteroatoms. The van der Waals surface area contributed by atoms with E-state index in [1.54, 1.807) is 23.6 Å². The first-order valence-corrected chi connectivity index (χ1v) is 9.42. The van der Waals surface area contributed by atoms with E-state index in [9.17, 15) is 14.4 Å². The third kappa shape index (κ3) is 5.71. The van der Waals surface area contributed by atoms with Crippen LogP contribution in [-0.4, -0.2) is 57.9 Å². The predicted molar refractivity (Wildman–Crippen MR) is 103 cm³/mol. The Kier molecular flexibility index (Phi) is 6.69. The lowest BCUT2D eigenvalue weighted by molar-refractivity contribution is -0.153. The summed E-state index contributed by atoms with van der Waals surface area (Å²) < 4.78 is 12.2. The van der Waals surface area contributed by atoms with Crippen LogP contribution in [-0.2, 0) is 26.1 Å². The topological polar surface area (TPSA) is 103 Å². The largest absolute Gasteiger partial charge is 0.455 e. The zero-order chi connectivity index (χ0) is 21.1. The molecule has 0 bridgehead atoms. The average Bonchev–Trinajstić information content (AvgIpc) is 2.84. The van der Waals surface area contributed by atoms with Gasteiger partial charge in [0.15, 0.2) is 6.61 Å². The van der Waals surface area contributed by atoms with Gasteiger partial charge in [0.2, 0.25) is 0 Å². The molecule has 0 unspecified atom stereocenters. The zero-order valence-corrected chi connectivity index (χ0v) is 17.5. The van der Waals surface area contributed by atoms with Crippen LogP contribution < -0.4 is 5.32 Å². The molecule has 1 fully saturated rings. The second kappa shape index (κ2) is 8.62. The van der Waals surface area contributed by atoms with Crippen LogP contribution in [0.5, 0.6) is 0 Å². The molecule has 156 valence electrons. The number of aromatic nitrogens is 2. The van der Waals surface area contributed by atoms with Crippen molar-refractivity contribution in [3.63, 3.8) is 0 Å². The molecule has 1 N–H and O–H groups in total. The number of carbonyl (C=O) groups excluding carboxylic acids is 3. The molecule has 28 heavy (non-hydrogen) atoms. The summed E-state index contributed by atoms with van der Waals surface area (Å²) in [6.45, 7) is 9.59. The fourth-order valence-corrected chi connectivity index (χ4v) is 3.01. The zero-order valence-electron chi connectivity index (χ0n) is 17.5. The highest BCUT2D eigenvalue weighted by molar-refractivity contribution is 5.94. The van der Waals surface area contributed by atoms with Crippen molar-refractivity contribution in [3.8, 4) is 0 Å². The third-order valence-electron chi connectivity index (χ3n) is 4.60. The number of amides is 2. The number of hydrogen-bond donors (Lipinski definition) is 1. The Hall–Kier alpha value is -2.58. The summed E-state index contributed by atoms with van der Waals surface area (Å²) in [5, 5.41) is 6.96. The number of carbonyl (C=O) groups is 3. The van der Waals surface area contributed by atoms with Gasteiger partial charge in [-0.05, 0) is 47.5 Å². The van der Waals surface area contributed by atoms with Gasteiger partial charge in [-0.2, -0.15) is 5.10 Å². The Morgan fingerprint density at radius 1 is 1.18 bits per heavy atom. The molecule has 0 aromatic carbocycles. The van der Waals surface area contributed by atoms with Crippen molar-refractivity contribution in [2.24, 2.45) is 13.0 Å². The number of anilines is 1. The Morgan fingerprint density at radius 3 is 2.29 bits per heavy atom. The van der Waals surface area contributed by atoms with Crippen molar-refractivity contribution in [1.29, 1.82) is 0 Å². The molecular weight excluding hydrogens is 364 g/mol. The molecule has 1 saturated heterocycles. The minimum Gasteiger partial charge on any atom is -0.455 e. The van der Waals surface area contributed by atoms with Crippen LogP contribution in [0.25, 0.3) is 0 Å². The lowest BCUT2D eigenvalue weighted by Gasteiger charge is -2.32. The number of ether oxygens (including phenoxy) is 2. The van der Waals surface area contributed by atoms with E-state index in [1.165, 1.54) is 0 Å². The third-order valence-corrected chi connectivity index (χ3v) is 4.60. The number of esters is 1. The normalized spacial score (nSPS) is 15.3. The lowest BCUT2D eigenvalue weighted by atomic mass is 9.97. The quantitative estimate of drug-likeness (QED) is 0.785. The van der Waals surface area contributed by atoms with Gasteiger partial charge in [0, 0.05) is 20.1 Å². The summed E-state index contributed by atoms with van der Waals surface area (Å²) in [6, 6.07) is 0. The van der Waals surface area contributed by atoms with E-state index in [0.29, 0.717) is 37.3 Å². The standard InChI is InChI=1S/C19H30N4O5/c1-12-16(13(2)22(6)21-12)20-15(24)11-27-17(25)14-7-9-23(10-8-14)18(26)28-19(3,4)5/h14H,7-11H2,1-6H3,(H,20,24). The van der Waals surface area contributed by atoms with Gasteiger partial charge in [-0.1, -0.05) is 0 Å². The Labute approximate surface area is 165 Å². The van der Waals surface area contributed by atoms with Gasteiger partial charge in [0.05, 0.1) is 23.0 Å². The molecule has 0 saturated carbocycles. The molecule has 2 amide bonds. The number of hydrogen-bond acceptors (Lipinski definition) is 6. The summed E-state index contributed by atoms with van der Waals surface area (Å²) in [5.74, 6) is -1.15. The monoisotopic (exact) mass is 394 g/mol. The van der Waals surface area contributed by atoms with Crippen LogP contribution in [0, 0.1) is 19.8 Å². The van der Waals surface area contributed by atoms with Crippen molar-refractivity contribution in [2.75, 3.05) is 25.0 Å².